The molecule has 0 saturated heterocycles. The van der Waals surface area contributed by atoms with Gasteiger partial charge in [0.15, 0.2) is 17.6 Å². The lowest BCUT2D eigenvalue weighted by molar-refractivity contribution is -0.135. The maximum absolute atomic E-state index is 12.0. The quantitative estimate of drug-likeness (QED) is 0.561. The van der Waals surface area contributed by atoms with Crippen LogP contribution in [0.25, 0.3) is 0 Å². The number of hydrogen-bond donors (Lipinski definition) is 1. The van der Waals surface area contributed by atoms with Crippen LogP contribution in [0.4, 0.5) is 0 Å². The Morgan fingerprint density at radius 3 is 2.50 bits per heavy atom. The summed E-state index contributed by atoms with van der Waals surface area (Å²) in [6.45, 7) is 3.99. The van der Waals surface area contributed by atoms with E-state index in [2.05, 4.69) is 10.5 Å². The molecule has 0 heterocycles. The van der Waals surface area contributed by atoms with Crippen molar-refractivity contribution in [3.63, 3.8) is 0 Å². The molecule has 0 aliphatic carbocycles. The molecule has 2 aromatic rings. The Balaban J connectivity index is 2.08. The normalized spacial score (nSPS) is 11.7. The molecule has 7 nitrogen and oxygen atoms in total. The molecule has 0 radical (unpaired) electrons. The fraction of sp³-hybridized carbons (Fsp3) is 0.286. The lowest BCUT2D eigenvalue weighted by Crippen LogP contribution is -2.35. The van der Waals surface area contributed by atoms with E-state index < -0.39 is 6.10 Å². The summed E-state index contributed by atoms with van der Waals surface area (Å²) < 4.78 is 11.4. The number of amides is 2. The highest BCUT2D eigenvalue weighted by atomic mass is 16.5. The Morgan fingerprint density at radius 2 is 1.86 bits per heavy atom. The van der Waals surface area contributed by atoms with Crippen LogP contribution >= 0.6 is 0 Å². The monoisotopic (exact) mass is 383 g/mol. The zero-order valence-electron chi connectivity index (χ0n) is 16.5. The molecular weight excluding hydrogens is 358 g/mol. The second kappa shape index (κ2) is 10.1. The van der Waals surface area contributed by atoms with Gasteiger partial charge in [0.25, 0.3) is 11.8 Å². The summed E-state index contributed by atoms with van der Waals surface area (Å²) in [5.74, 6) is 0.531. The van der Waals surface area contributed by atoms with E-state index in [9.17, 15) is 9.59 Å². The highest BCUT2D eigenvalue weighted by Crippen LogP contribution is 2.29. The highest BCUT2D eigenvalue weighted by Gasteiger charge is 2.18. The zero-order valence-corrected chi connectivity index (χ0v) is 16.5. The van der Waals surface area contributed by atoms with Gasteiger partial charge in [0.05, 0.1) is 12.8 Å². The molecule has 0 unspecified atom stereocenters. The number of hydrogen-bond acceptors (Lipinski definition) is 5. The zero-order chi connectivity index (χ0) is 20.5. The second-order valence-corrected chi connectivity index (χ2v) is 6.20. The van der Waals surface area contributed by atoms with Gasteiger partial charge in [0.1, 0.15) is 0 Å². The highest BCUT2D eigenvalue weighted by molar-refractivity contribution is 5.94. The number of ether oxygens (including phenoxy) is 2. The van der Waals surface area contributed by atoms with Gasteiger partial charge in [-0.15, -0.1) is 0 Å². The molecule has 0 bridgehead atoms. The molecule has 2 rings (SSSR count). The first-order valence-electron chi connectivity index (χ1n) is 8.95. The molecule has 0 fully saturated rings. The van der Waals surface area contributed by atoms with Gasteiger partial charge in [-0.1, -0.05) is 18.2 Å². The summed E-state index contributed by atoms with van der Waals surface area (Å²) in [6.07, 6.45) is 0.875. The minimum absolute atomic E-state index is 0.142. The SMILES string of the molecule is CCOc1cc(/C=N\NC(=O)c2ccccc2)ccc1O[C@H](C)C(=O)N(C)C. The summed E-state index contributed by atoms with van der Waals surface area (Å²) in [7, 11) is 3.35. The fourth-order valence-electron chi connectivity index (χ4n) is 2.39. The van der Waals surface area contributed by atoms with Crippen molar-refractivity contribution in [1.82, 2.24) is 10.3 Å². The van der Waals surface area contributed by atoms with Crippen molar-refractivity contribution in [1.29, 1.82) is 0 Å². The summed E-state index contributed by atoms with van der Waals surface area (Å²) in [6, 6.07) is 14.0. The third-order valence-electron chi connectivity index (χ3n) is 3.78. The van der Waals surface area contributed by atoms with Gasteiger partial charge in [-0.25, -0.2) is 5.43 Å². The second-order valence-electron chi connectivity index (χ2n) is 6.20. The molecule has 7 heteroatoms. The van der Waals surface area contributed by atoms with Crippen LogP contribution in [0.1, 0.15) is 29.8 Å². The van der Waals surface area contributed by atoms with Crippen molar-refractivity contribution >= 4 is 18.0 Å². The van der Waals surface area contributed by atoms with E-state index in [0.29, 0.717) is 23.7 Å². The van der Waals surface area contributed by atoms with Crippen molar-refractivity contribution in [3.05, 3.63) is 59.7 Å². The van der Waals surface area contributed by atoms with E-state index in [4.69, 9.17) is 9.47 Å². The van der Waals surface area contributed by atoms with Crippen LogP contribution in [0.3, 0.4) is 0 Å². The van der Waals surface area contributed by atoms with Gasteiger partial charge in [-0.05, 0) is 49.7 Å². The van der Waals surface area contributed by atoms with E-state index in [1.165, 1.54) is 11.1 Å². The third kappa shape index (κ3) is 5.84. The molecule has 1 N–H and O–H groups in total. The Bertz CT molecular complexity index is 835. The van der Waals surface area contributed by atoms with Crippen molar-refractivity contribution in [2.24, 2.45) is 5.10 Å². The lowest BCUT2D eigenvalue weighted by Gasteiger charge is -2.20. The maximum Gasteiger partial charge on any atom is 0.271 e. The predicted octanol–water partition coefficient (Wildman–Crippen LogP) is 2.70. The van der Waals surface area contributed by atoms with Gasteiger partial charge < -0.3 is 14.4 Å². The van der Waals surface area contributed by atoms with Crippen LogP contribution in [0, 0.1) is 0 Å². The fourth-order valence-corrected chi connectivity index (χ4v) is 2.39. The van der Waals surface area contributed by atoms with Crippen LogP contribution in [0.15, 0.2) is 53.6 Å². The third-order valence-corrected chi connectivity index (χ3v) is 3.78. The Hall–Kier alpha value is -3.35. The molecule has 28 heavy (non-hydrogen) atoms. The predicted molar refractivity (Wildman–Crippen MR) is 108 cm³/mol. The first-order valence-corrected chi connectivity index (χ1v) is 8.95. The average Bonchev–Trinajstić information content (AvgIpc) is 2.69. The van der Waals surface area contributed by atoms with Crippen molar-refractivity contribution in [2.45, 2.75) is 20.0 Å². The maximum atomic E-state index is 12.0. The van der Waals surface area contributed by atoms with Crippen molar-refractivity contribution < 1.29 is 19.1 Å². The minimum Gasteiger partial charge on any atom is -0.490 e. The molecule has 0 spiro atoms. The van der Waals surface area contributed by atoms with Gasteiger partial charge in [0, 0.05) is 19.7 Å². The molecule has 0 aliphatic heterocycles. The van der Waals surface area contributed by atoms with Crippen LogP contribution in [0.2, 0.25) is 0 Å². The van der Waals surface area contributed by atoms with E-state index in [1.54, 1.807) is 63.5 Å². The average molecular weight is 383 g/mol. The smallest absolute Gasteiger partial charge is 0.271 e. The number of carbonyl (C=O) groups is 2. The summed E-state index contributed by atoms with van der Waals surface area (Å²) in [4.78, 5) is 25.5. The number of carbonyl (C=O) groups excluding carboxylic acids is 2. The van der Waals surface area contributed by atoms with E-state index in [0.717, 1.165) is 5.56 Å². The largest absolute Gasteiger partial charge is 0.490 e. The molecule has 0 saturated carbocycles. The van der Waals surface area contributed by atoms with E-state index in [1.807, 2.05) is 13.0 Å². The molecule has 148 valence electrons. The molecule has 2 aromatic carbocycles. The molecule has 2 amide bonds. The Morgan fingerprint density at radius 1 is 1.14 bits per heavy atom. The standard InChI is InChI=1S/C21H25N3O4/c1-5-27-19-13-16(11-12-18(19)28-15(2)21(26)24(3)4)14-22-23-20(25)17-9-7-6-8-10-17/h6-15H,5H2,1-4H3,(H,23,25)/b22-14-/t15-/m1/s1. The topological polar surface area (TPSA) is 80.2 Å². The minimum atomic E-state index is -0.640. The van der Waals surface area contributed by atoms with Gasteiger partial charge >= 0.3 is 0 Å². The van der Waals surface area contributed by atoms with Gasteiger partial charge in [-0.2, -0.15) is 5.10 Å². The van der Waals surface area contributed by atoms with Crippen LogP contribution in [0.5, 0.6) is 11.5 Å². The first-order chi connectivity index (χ1) is 13.4. The Labute approximate surface area is 164 Å². The van der Waals surface area contributed by atoms with E-state index in [-0.39, 0.29) is 11.8 Å². The summed E-state index contributed by atoms with van der Waals surface area (Å²) >= 11 is 0. The number of hydrazone groups is 1. The molecule has 1 atom stereocenters. The number of rotatable bonds is 8. The summed E-state index contributed by atoms with van der Waals surface area (Å²) in [5.41, 5.74) is 3.73. The molecule has 0 aromatic heterocycles. The first kappa shape index (κ1) is 21.0. The lowest BCUT2D eigenvalue weighted by atomic mass is 10.2. The number of nitrogens with zero attached hydrogens (tertiary/aromatic N) is 2. The van der Waals surface area contributed by atoms with Crippen LogP contribution in [-0.2, 0) is 4.79 Å². The van der Waals surface area contributed by atoms with Gasteiger partial charge in [-0.3, -0.25) is 9.59 Å². The molecule has 0 aliphatic rings. The van der Waals surface area contributed by atoms with Crippen LogP contribution in [-0.4, -0.2) is 49.7 Å². The number of nitrogens with one attached hydrogen (secondary N) is 1. The Kier molecular flexibility index (Phi) is 7.56. The molecular formula is C21H25N3O4. The number of likely N-dealkylation sites (N-methyl/N-ethyl adjacent to an activating group) is 1. The van der Waals surface area contributed by atoms with Crippen LogP contribution < -0.4 is 14.9 Å². The summed E-state index contributed by atoms with van der Waals surface area (Å²) in [5, 5.41) is 3.98. The van der Waals surface area contributed by atoms with Crippen molar-refractivity contribution in [2.75, 3.05) is 20.7 Å². The number of benzene rings is 2. The van der Waals surface area contributed by atoms with Gasteiger partial charge in [0.2, 0.25) is 0 Å². The van der Waals surface area contributed by atoms with Crippen molar-refractivity contribution in [3.8, 4) is 11.5 Å². The van der Waals surface area contributed by atoms with E-state index >= 15 is 0 Å².